The van der Waals surface area contributed by atoms with Crippen molar-refractivity contribution < 1.29 is 0 Å². The maximum atomic E-state index is 5.27. The summed E-state index contributed by atoms with van der Waals surface area (Å²) < 4.78 is 2.36. The van der Waals surface area contributed by atoms with E-state index in [1.165, 1.54) is 49.6 Å². The van der Waals surface area contributed by atoms with Crippen molar-refractivity contribution in [1.82, 2.24) is 14.5 Å². The number of para-hydroxylation sites is 4. The van der Waals surface area contributed by atoms with Crippen molar-refractivity contribution in [1.29, 1.82) is 0 Å². The summed E-state index contributed by atoms with van der Waals surface area (Å²) in [6.07, 6.45) is 4.93. The molecule has 3 aromatic heterocycles. The lowest BCUT2D eigenvalue weighted by molar-refractivity contribution is 0.828. The monoisotopic (exact) mass is 818 g/mol. The molecule has 0 radical (unpaired) electrons. The second-order valence-corrected chi connectivity index (χ2v) is 16.6. The Bertz CT molecular complexity index is 3340. The van der Waals surface area contributed by atoms with Gasteiger partial charge in [-0.2, -0.15) is 0 Å². The van der Waals surface area contributed by atoms with E-state index in [0.29, 0.717) is 0 Å². The molecule has 4 heteroatoms. The molecule has 3 heterocycles. The molecule has 0 saturated carbocycles. The largest absolute Gasteiger partial charge is 0.309 e. The average Bonchev–Trinajstić information content (AvgIpc) is 3.87. The Balaban J connectivity index is 0.944. The van der Waals surface area contributed by atoms with Crippen LogP contribution in [0.2, 0.25) is 0 Å². The van der Waals surface area contributed by atoms with Crippen LogP contribution in [-0.4, -0.2) is 14.5 Å². The summed E-state index contributed by atoms with van der Waals surface area (Å²) in [6.45, 7) is 0. The van der Waals surface area contributed by atoms with Gasteiger partial charge in [0.1, 0.15) is 0 Å². The molecular weight excluding hydrogens is 777 g/mol. The number of hydrogen-bond donors (Lipinski definition) is 0. The molecule has 1 aliphatic carbocycles. The van der Waals surface area contributed by atoms with Crippen molar-refractivity contribution in [3.05, 3.63) is 254 Å². The number of fused-ring (bicyclic) bond motifs is 6. The highest BCUT2D eigenvalue weighted by molar-refractivity contribution is 6.09. The molecule has 4 nitrogen and oxygen atoms in total. The normalized spacial score (nSPS) is 12.9. The first kappa shape index (κ1) is 37.4. The van der Waals surface area contributed by atoms with E-state index in [9.17, 15) is 0 Å². The Kier molecular flexibility index (Phi) is 9.27. The van der Waals surface area contributed by atoms with Crippen LogP contribution in [0.3, 0.4) is 0 Å². The summed E-state index contributed by atoms with van der Waals surface area (Å²) in [5.74, 6) is 0.174. The first-order valence-corrected chi connectivity index (χ1v) is 22.0. The third-order valence-electron chi connectivity index (χ3n) is 12.8. The fraction of sp³-hybridized carbons (Fsp3) is 0.0333. The number of rotatable bonds is 9. The Hall–Kier alpha value is -8.34. The van der Waals surface area contributed by atoms with E-state index in [2.05, 4.69) is 234 Å². The van der Waals surface area contributed by atoms with Crippen molar-refractivity contribution in [3.63, 3.8) is 0 Å². The Morgan fingerprint density at radius 1 is 0.406 bits per heavy atom. The van der Waals surface area contributed by atoms with Gasteiger partial charge in [0, 0.05) is 56.6 Å². The van der Waals surface area contributed by atoms with E-state index in [4.69, 9.17) is 9.97 Å². The Morgan fingerprint density at radius 2 is 0.969 bits per heavy atom. The van der Waals surface area contributed by atoms with Gasteiger partial charge in [-0.25, -0.2) is 0 Å². The quantitative estimate of drug-likeness (QED) is 0.145. The molecule has 11 aromatic rings. The van der Waals surface area contributed by atoms with Gasteiger partial charge in [0.05, 0.1) is 34.3 Å². The summed E-state index contributed by atoms with van der Waals surface area (Å²) in [5, 5.41) is 2.52. The molecule has 302 valence electrons. The first-order chi connectivity index (χ1) is 31.7. The summed E-state index contributed by atoms with van der Waals surface area (Å²) in [5.41, 5.74) is 19.5. The predicted molar refractivity (Wildman–Crippen MR) is 265 cm³/mol. The molecule has 0 N–H and O–H groups in total. The highest BCUT2D eigenvalue weighted by Gasteiger charge is 2.32. The summed E-state index contributed by atoms with van der Waals surface area (Å²) in [7, 11) is 0. The van der Waals surface area contributed by atoms with Gasteiger partial charge >= 0.3 is 0 Å². The molecule has 0 spiro atoms. The molecular formula is C60H42N4. The molecule has 1 unspecified atom stereocenters. The van der Waals surface area contributed by atoms with Gasteiger partial charge in [-0.15, -0.1) is 0 Å². The summed E-state index contributed by atoms with van der Waals surface area (Å²) >= 11 is 0. The molecule has 12 rings (SSSR count). The van der Waals surface area contributed by atoms with Crippen molar-refractivity contribution >= 4 is 38.9 Å². The zero-order valence-corrected chi connectivity index (χ0v) is 35.1. The smallest absolute Gasteiger partial charge is 0.0705 e. The fourth-order valence-electron chi connectivity index (χ4n) is 9.89. The minimum absolute atomic E-state index is 0.174. The zero-order valence-electron chi connectivity index (χ0n) is 35.1. The van der Waals surface area contributed by atoms with Gasteiger partial charge in [0.15, 0.2) is 0 Å². The second-order valence-electron chi connectivity index (χ2n) is 16.6. The summed E-state index contributed by atoms with van der Waals surface area (Å²) in [4.78, 5) is 12.7. The van der Waals surface area contributed by atoms with Crippen LogP contribution in [0.5, 0.6) is 0 Å². The molecule has 0 saturated heterocycles. The second kappa shape index (κ2) is 15.8. The van der Waals surface area contributed by atoms with Gasteiger partial charge in [-0.3, -0.25) is 9.97 Å². The molecule has 0 amide bonds. The third kappa shape index (κ3) is 6.56. The number of aromatic nitrogens is 3. The van der Waals surface area contributed by atoms with Crippen LogP contribution in [0.15, 0.2) is 237 Å². The van der Waals surface area contributed by atoms with Crippen molar-refractivity contribution in [2.45, 2.75) is 12.3 Å². The van der Waals surface area contributed by atoms with Crippen LogP contribution in [0.4, 0.5) is 17.1 Å². The van der Waals surface area contributed by atoms with Crippen molar-refractivity contribution in [2.24, 2.45) is 0 Å². The lowest BCUT2D eigenvalue weighted by Gasteiger charge is -2.25. The first-order valence-electron chi connectivity index (χ1n) is 22.0. The van der Waals surface area contributed by atoms with Crippen LogP contribution >= 0.6 is 0 Å². The summed E-state index contributed by atoms with van der Waals surface area (Å²) in [6, 6.07) is 80.3. The van der Waals surface area contributed by atoms with Crippen LogP contribution in [0, 0.1) is 0 Å². The van der Waals surface area contributed by atoms with Crippen LogP contribution < -0.4 is 4.90 Å². The lowest BCUT2D eigenvalue weighted by Crippen LogP contribution is -2.10. The average molecular weight is 819 g/mol. The number of benzene rings is 8. The predicted octanol–water partition coefficient (Wildman–Crippen LogP) is 15.4. The molecule has 0 aliphatic heterocycles. The molecule has 64 heavy (non-hydrogen) atoms. The fourth-order valence-corrected chi connectivity index (χ4v) is 9.89. The maximum absolute atomic E-state index is 5.27. The van der Waals surface area contributed by atoms with Gasteiger partial charge in [0.2, 0.25) is 0 Å². The van der Waals surface area contributed by atoms with Gasteiger partial charge in [-0.05, 0) is 119 Å². The topological polar surface area (TPSA) is 34.0 Å². The number of anilines is 3. The van der Waals surface area contributed by atoms with Crippen LogP contribution in [-0.2, 0) is 6.42 Å². The standard InChI is InChI=1S/C60H42N4/c1-4-16-41(17-5-1)36-53-49-22-10-11-23-50(49)54-37-44(56-35-33-48(40-62-56)63(45-18-6-2-7-19-45)46-20-8-3-9-21-46)38-55(60(53)54)57-34-30-43(39-61-57)42-28-31-47(32-29-42)64-58-26-14-12-24-51(58)52-25-13-15-27-59(52)64/h1-35,37-40,53H,36H2. The van der Waals surface area contributed by atoms with E-state index >= 15 is 0 Å². The molecule has 1 aliphatic rings. The van der Waals surface area contributed by atoms with Crippen LogP contribution in [0.25, 0.3) is 72.3 Å². The van der Waals surface area contributed by atoms with E-state index in [-0.39, 0.29) is 5.92 Å². The minimum Gasteiger partial charge on any atom is -0.309 e. The van der Waals surface area contributed by atoms with Crippen LogP contribution in [0.1, 0.15) is 22.6 Å². The number of hydrogen-bond acceptors (Lipinski definition) is 3. The molecule has 1 atom stereocenters. The van der Waals surface area contributed by atoms with Crippen molar-refractivity contribution in [2.75, 3.05) is 4.90 Å². The minimum atomic E-state index is 0.174. The SMILES string of the molecule is c1ccc(CC2c3ccccc3-c3cc(-c4ccc(N(c5ccccc5)c5ccccc5)cn4)cc(-c4ccc(-c5ccc(-n6c7ccccc7c7ccccc76)cc5)cn4)c32)cc1. The van der Waals surface area contributed by atoms with Gasteiger partial charge in [-0.1, -0.05) is 146 Å². The maximum Gasteiger partial charge on any atom is 0.0705 e. The van der Waals surface area contributed by atoms with E-state index in [0.717, 1.165) is 62.8 Å². The lowest BCUT2D eigenvalue weighted by atomic mass is 9.85. The molecule has 0 bridgehead atoms. The highest BCUT2D eigenvalue weighted by atomic mass is 15.1. The van der Waals surface area contributed by atoms with Gasteiger partial charge < -0.3 is 9.47 Å². The van der Waals surface area contributed by atoms with E-state index < -0.39 is 0 Å². The van der Waals surface area contributed by atoms with E-state index in [1.54, 1.807) is 0 Å². The zero-order chi connectivity index (χ0) is 42.4. The highest BCUT2D eigenvalue weighted by Crippen LogP contribution is 2.51. The van der Waals surface area contributed by atoms with Crippen molar-refractivity contribution in [3.8, 4) is 50.5 Å². The third-order valence-corrected chi connectivity index (χ3v) is 12.8. The molecule has 8 aromatic carbocycles. The molecule has 0 fully saturated rings. The van der Waals surface area contributed by atoms with E-state index in [1.807, 2.05) is 12.4 Å². The number of pyridine rings is 2. The van der Waals surface area contributed by atoms with Gasteiger partial charge in [0.25, 0.3) is 0 Å². The number of nitrogens with zero attached hydrogens (tertiary/aromatic N) is 4. The Labute approximate surface area is 373 Å². The Morgan fingerprint density at radius 3 is 1.61 bits per heavy atom.